The zero-order valence-corrected chi connectivity index (χ0v) is 31.1. The fraction of sp³-hybridized carbons (Fsp3) is 0.969. The quantitative estimate of drug-likeness (QED) is 0.0397. The molecule has 0 aromatic carbocycles. The van der Waals surface area contributed by atoms with E-state index >= 15 is 0 Å². The summed E-state index contributed by atoms with van der Waals surface area (Å²) in [5, 5.41) is 60.2. The van der Waals surface area contributed by atoms with E-state index in [-0.39, 0.29) is 6.42 Å². The SMILES string of the molecule is CCCCCCCCCCCCCC[C@@H](O)[C@@H](O)[C@H](CO[C@H]1S[C@H](CO)[C@H](O)[C@H](O)[C@H]1O)NC(=O)C(F)(F)C(F)(F)C(F)(F)C(F)(F)C(F)(F)C(F)(F)C(F)(F)F. The first-order valence-corrected chi connectivity index (χ1v) is 18.8. The molecule has 9 nitrogen and oxygen atoms in total. The van der Waals surface area contributed by atoms with Gasteiger partial charge in [-0.1, -0.05) is 84.0 Å². The van der Waals surface area contributed by atoms with Gasteiger partial charge in [0.2, 0.25) is 0 Å². The summed E-state index contributed by atoms with van der Waals surface area (Å²) in [6, 6.07) is -2.71. The van der Waals surface area contributed by atoms with Crippen molar-refractivity contribution < 1.29 is 106 Å². The zero-order valence-electron chi connectivity index (χ0n) is 30.3. The number of nitrogens with one attached hydrogen (secondary N) is 1. The highest BCUT2D eigenvalue weighted by molar-refractivity contribution is 8.00. The average molecular weight is 892 g/mol. The summed E-state index contributed by atoms with van der Waals surface area (Å²) in [7, 11) is 0. The number of amides is 1. The lowest BCUT2D eigenvalue weighted by Crippen LogP contribution is -2.74. The number of thioether (sulfide) groups is 1. The second-order valence-corrected chi connectivity index (χ2v) is 15.1. The Balaban J connectivity index is 3.25. The van der Waals surface area contributed by atoms with Crippen molar-refractivity contribution in [2.75, 3.05) is 13.2 Å². The Morgan fingerprint density at radius 2 is 1.05 bits per heavy atom. The number of alkyl halides is 15. The van der Waals surface area contributed by atoms with Crippen LogP contribution in [0.3, 0.4) is 0 Å². The first-order valence-electron chi connectivity index (χ1n) is 17.9. The second-order valence-electron chi connectivity index (χ2n) is 13.8. The van der Waals surface area contributed by atoms with Gasteiger partial charge in [0.1, 0.15) is 23.7 Å². The molecule has 0 aromatic rings. The molecule has 1 aliphatic rings. The van der Waals surface area contributed by atoms with Crippen LogP contribution in [0.1, 0.15) is 90.4 Å². The van der Waals surface area contributed by atoms with Gasteiger partial charge < -0.3 is 40.7 Å². The summed E-state index contributed by atoms with van der Waals surface area (Å²) in [6.45, 7) is -0.356. The highest BCUT2D eigenvalue weighted by Gasteiger charge is 2.94. The Labute approximate surface area is 321 Å². The van der Waals surface area contributed by atoms with Crippen LogP contribution in [0.5, 0.6) is 0 Å². The molecule has 0 radical (unpaired) electrons. The molecule has 1 heterocycles. The van der Waals surface area contributed by atoms with Crippen LogP contribution >= 0.6 is 11.8 Å². The van der Waals surface area contributed by atoms with Crippen molar-refractivity contribution in [3.8, 4) is 0 Å². The van der Waals surface area contributed by atoms with Crippen LogP contribution in [0, 0.1) is 0 Å². The standard InChI is InChI=1S/C32H48F15NO8S/c1-2-3-4-5-6-7-8-9-10-11-12-13-14-18(50)20(51)17(16-56-24-23(54)22(53)21(52)19(15-49)57-24)48-25(55)26(33,34)27(35,36)28(37,38)29(39,40)30(41,42)31(43,44)32(45,46)47/h17-24,49-54H,2-16H2,1H3,(H,48,55)/t17-,18+,19+,20-,21-,22-,23+,24-/m0/s1. The highest BCUT2D eigenvalue weighted by atomic mass is 32.2. The molecular weight excluding hydrogens is 843 g/mol. The summed E-state index contributed by atoms with van der Waals surface area (Å²) in [4.78, 5) is 12.4. The minimum atomic E-state index is -8.65. The summed E-state index contributed by atoms with van der Waals surface area (Å²) < 4.78 is 211. The number of rotatable bonds is 26. The van der Waals surface area contributed by atoms with Crippen LogP contribution in [0.4, 0.5) is 65.9 Å². The van der Waals surface area contributed by atoms with Crippen molar-refractivity contribution in [1.29, 1.82) is 0 Å². The predicted molar refractivity (Wildman–Crippen MR) is 172 cm³/mol. The van der Waals surface area contributed by atoms with Crippen LogP contribution in [0.2, 0.25) is 0 Å². The molecular formula is C32H48F15NO8S. The fourth-order valence-corrected chi connectivity index (χ4v) is 6.86. The zero-order chi connectivity index (χ0) is 44.4. The first kappa shape index (κ1) is 53.5. The maximum Gasteiger partial charge on any atom is 0.460 e. The van der Waals surface area contributed by atoms with Crippen molar-refractivity contribution in [3.05, 3.63) is 0 Å². The number of aliphatic hydroxyl groups is 6. The van der Waals surface area contributed by atoms with E-state index in [0.717, 1.165) is 63.1 Å². The minimum Gasteiger partial charge on any atom is -0.395 e. The smallest absolute Gasteiger partial charge is 0.395 e. The summed E-state index contributed by atoms with van der Waals surface area (Å²) in [6.07, 6.45) is -8.96. The van der Waals surface area contributed by atoms with E-state index in [4.69, 9.17) is 4.74 Å². The Morgan fingerprint density at radius 1 is 0.632 bits per heavy atom. The largest absolute Gasteiger partial charge is 0.460 e. The normalized spacial score (nSPS) is 23.6. The van der Waals surface area contributed by atoms with E-state index < -0.39 is 115 Å². The van der Waals surface area contributed by atoms with E-state index in [1.165, 1.54) is 0 Å². The molecule has 7 N–H and O–H groups in total. The number of unbranched alkanes of at least 4 members (excludes halogenated alkanes) is 11. The third kappa shape index (κ3) is 12.1. The molecule has 0 aliphatic carbocycles. The third-order valence-electron chi connectivity index (χ3n) is 9.38. The summed E-state index contributed by atoms with van der Waals surface area (Å²) in [5.41, 5.74) is -1.84. The van der Waals surface area contributed by atoms with Crippen molar-refractivity contribution in [3.63, 3.8) is 0 Å². The van der Waals surface area contributed by atoms with Gasteiger partial charge in [0.05, 0.1) is 36.7 Å². The highest BCUT2D eigenvalue weighted by Crippen LogP contribution is 2.62. The molecule has 1 aliphatic heterocycles. The second kappa shape index (κ2) is 21.3. The molecule has 57 heavy (non-hydrogen) atoms. The number of aliphatic hydroxyl groups excluding tert-OH is 6. The van der Waals surface area contributed by atoms with Crippen molar-refractivity contribution in [1.82, 2.24) is 5.32 Å². The van der Waals surface area contributed by atoms with E-state index in [1.54, 1.807) is 0 Å². The lowest BCUT2D eigenvalue weighted by molar-refractivity contribution is -0.449. The lowest BCUT2D eigenvalue weighted by atomic mass is 9.90. The average Bonchev–Trinajstić information content (AvgIpc) is 3.11. The third-order valence-corrected chi connectivity index (χ3v) is 10.8. The lowest BCUT2D eigenvalue weighted by Gasteiger charge is -2.41. The van der Waals surface area contributed by atoms with Crippen LogP contribution in [-0.4, -0.2) is 139 Å². The Kier molecular flexibility index (Phi) is 20.0. The molecule has 1 fully saturated rings. The molecule has 0 saturated carbocycles. The van der Waals surface area contributed by atoms with E-state index in [0.29, 0.717) is 24.6 Å². The Morgan fingerprint density at radius 3 is 1.49 bits per heavy atom. The Hall–Kier alpha value is -1.51. The van der Waals surface area contributed by atoms with E-state index in [9.17, 15) is 101 Å². The number of carbonyl (C=O) groups is 1. The van der Waals surface area contributed by atoms with Crippen LogP contribution in [0.15, 0.2) is 0 Å². The van der Waals surface area contributed by atoms with Gasteiger partial charge in [-0.15, -0.1) is 11.8 Å². The molecule has 1 rings (SSSR count). The maximum absolute atomic E-state index is 14.7. The van der Waals surface area contributed by atoms with Gasteiger partial charge in [0.25, 0.3) is 5.91 Å². The van der Waals surface area contributed by atoms with Crippen molar-refractivity contribution >= 4 is 17.7 Å². The maximum atomic E-state index is 14.7. The number of ether oxygens (including phenoxy) is 1. The topological polar surface area (TPSA) is 160 Å². The number of halogens is 15. The fourth-order valence-electron chi connectivity index (χ4n) is 5.63. The van der Waals surface area contributed by atoms with Crippen molar-refractivity contribution in [2.24, 2.45) is 0 Å². The minimum absolute atomic E-state index is 0.0720. The summed E-state index contributed by atoms with van der Waals surface area (Å²) in [5.74, 6) is -53.4. The van der Waals surface area contributed by atoms with Crippen LogP contribution in [-0.2, 0) is 9.53 Å². The molecule has 25 heteroatoms. The molecule has 0 bridgehead atoms. The molecule has 0 spiro atoms. The van der Waals surface area contributed by atoms with Gasteiger partial charge in [-0.05, 0) is 6.42 Å². The molecule has 1 saturated heterocycles. The molecule has 340 valence electrons. The Bertz CT molecular complexity index is 1220. The van der Waals surface area contributed by atoms with Gasteiger partial charge in [0.15, 0.2) is 0 Å². The number of hydrogen-bond acceptors (Lipinski definition) is 9. The monoisotopic (exact) mass is 891 g/mol. The van der Waals surface area contributed by atoms with Gasteiger partial charge in [0, 0.05) is 0 Å². The molecule has 8 atom stereocenters. The molecule has 0 unspecified atom stereocenters. The van der Waals surface area contributed by atoms with Crippen LogP contribution in [0.25, 0.3) is 0 Å². The van der Waals surface area contributed by atoms with Gasteiger partial charge in [-0.25, -0.2) is 0 Å². The first-order chi connectivity index (χ1) is 25.9. The van der Waals surface area contributed by atoms with Gasteiger partial charge in [-0.2, -0.15) is 65.9 Å². The number of hydrogen-bond donors (Lipinski definition) is 7. The summed E-state index contributed by atoms with van der Waals surface area (Å²) >= 11 is 0.332. The van der Waals surface area contributed by atoms with E-state index in [1.807, 2.05) is 0 Å². The molecule has 0 aromatic heterocycles. The van der Waals surface area contributed by atoms with Crippen molar-refractivity contribution in [2.45, 2.75) is 179 Å². The number of carbonyl (C=O) groups excluding carboxylic acids is 1. The van der Waals surface area contributed by atoms with Crippen LogP contribution < -0.4 is 5.32 Å². The van der Waals surface area contributed by atoms with Gasteiger partial charge >= 0.3 is 41.7 Å². The van der Waals surface area contributed by atoms with Gasteiger partial charge in [-0.3, -0.25) is 4.79 Å². The predicted octanol–water partition coefficient (Wildman–Crippen LogP) is 6.19. The van der Waals surface area contributed by atoms with E-state index in [2.05, 4.69) is 6.92 Å². The molecule has 1 amide bonds.